The maximum absolute atomic E-state index is 12.7. The molecule has 0 fully saturated rings. The fourth-order valence-electron chi connectivity index (χ4n) is 1.69. The molecule has 124 valence electrons. The van der Waals surface area contributed by atoms with Crippen LogP contribution in [0.2, 0.25) is 0 Å². The van der Waals surface area contributed by atoms with Crippen LogP contribution in [-0.4, -0.2) is 27.7 Å². The molecule has 0 radical (unpaired) electrons. The van der Waals surface area contributed by atoms with Gasteiger partial charge in [-0.1, -0.05) is 13.3 Å². The standard InChI is InChI=1S/C14H15F3N4OS/c1-2-3-8-22-11-6-4-10(5-7-11)9-18-21-12(14(15,16)17)19-20-13(21)23/h4-7,9H,2-3,8H2,1H3,(H,20,23)/b18-9-. The van der Waals surface area contributed by atoms with Crippen molar-refractivity contribution in [1.82, 2.24) is 14.9 Å². The first kappa shape index (κ1) is 17.2. The number of benzene rings is 1. The molecular weight excluding hydrogens is 329 g/mol. The van der Waals surface area contributed by atoms with E-state index in [0.717, 1.165) is 12.8 Å². The maximum Gasteiger partial charge on any atom is 0.453 e. The van der Waals surface area contributed by atoms with Gasteiger partial charge in [-0.05, 0) is 48.5 Å². The summed E-state index contributed by atoms with van der Waals surface area (Å²) in [5.74, 6) is -0.496. The van der Waals surface area contributed by atoms with Gasteiger partial charge < -0.3 is 4.74 Å². The maximum atomic E-state index is 12.7. The van der Waals surface area contributed by atoms with Gasteiger partial charge in [0.05, 0.1) is 12.8 Å². The van der Waals surface area contributed by atoms with Crippen LogP contribution >= 0.6 is 12.2 Å². The Bertz CT molecular complexity index is 719. The molecule has 0 saturated heterocycles. The van der Waals surface area contributed by atoms with Gasteiger partial charge >= 0.3 is 6.18 Å². The van der Waals surface area contributed by atoms with Crippen LogP contribution in [0.3, 0.4) is 0 Å². The lowest BCUT2D eigenvalue weighted by molar-refractivity contribution is -0.147. The Kier molecular flexibility index (Phi) is 5.54. The summed E-state index contributed by atoms with van der Waals surface area (Å²) in [7, 11) is 0. The quantitative estimate of drug-likeness (QED) is 0.489. The summed E-state index contributed by atoms with van der Waals surface area (Å²) in [5.41, 5.74) is 0.615. The highest BCUT2D eigenvalue weighted by Crippen LogP contribution is 2.27. The fourth-order valence-corrected chi connectivity index (χ4v) is 1.87. The first-order valence-electron chi connectivity index (χ1n) is 6.93. The predicted octanol–water partition coefficient (Wildman–Crippen LogP) is 4.02. The molecule has 0 aliphatic heterocycles. The highest BCUT2D eigenvalue weighted by Gasteiger charge is 2.37. The Morgan fingerprint density at radius 1 is 1.35 bits per heavy atom. The van der Waals surface area contributed by atoms with E-state index in [0.29, 0.717) is 22.6 Å². The lowest BCUT2D eigenvalue weighted by Gasteiger charge is -2.05. The van der Waals surface area contributed by atoms with Crippen LogP contribution < -0.4 is 4.74 Å². The molecule has 0 bridgehead atoms. The number of unbranched alkanes of at least 4 members (excludes halogenated alkanes) is 1. The molecule has 0 aliphatic rings. The molecule has 5 nitrogen and oxygen atoms in total. The van der Waals surface area contributed by atoms with Crippen LogP contribution in [-0.2, 0) is 6.18 Å². The molecule has 2 aromatic rings. The number of aromatic amines is 1. The lowest BCUT2D eigenvalue weighted by Crippen LogP contribution is -2.12. The van der Waals surface area contributed by atoms with E-state index in [4.69, 9.17) is 17.0 Å². The number of aromatic nitrogens is 3. The average molecular weight is 344 g/mol. The summed E-state index contributed by atoms with van der Waals surface area (Å²) in [5, 5.41) is 8.96. The van der Waals surface area contributed by atoms with Gasteiger partial charge in [0, 0.05) is 0 Å². The molecule has 1 heterocycles. The molecule has 0 unspecified atom stereocenters. The summed E-state index contributed by atoms with van der Waals surface area (Å²) < 4.78 is 44.1. The third-order valence-electron chi connectivity index (χ3n) is 2.87. The minimum Gasteiger partial charge on any atom is -0.494 e. The van der Waals surface area contributed by atoms with Gasteiger partial charge in [-0.2, -0.15) is 22.9 Å². The molecule has 1 aromatic heterocycles. The zero-order valence-corrected chi connectivity index (χ0v) is 13.1. The predicted molar refractivity (Wildman–Crippen MR) is 82.3 cm³/mol. The smallest absolute Gasteiger partial charge is 0.453 e. The number of halogens is 3. The third kappa shape index (κ3) is 4.65. The molecule has 0 spiro atoms. The number of rotatable bonds is 6. The number of hydrogen-bond acceptors (Lipinski definition) is 4. The number of alkyl halides is 3. The van der Waals surface area contributed by atoms with Crippen molar-refractivity contribution >= 4 is 18.4 Å². The van der Waals surface area contributed by atoms with Gasteiger partial charge in [0.25, 0.3) is 5.82 Å². The second-order valence-corrected chi connectivity index (χ2v) is 5.06. The summed E-state index contributed by atoms with van der Waals surface area (Å²) in [6.45, 7) is 2.70. The van der Waals surface area contributed by atoms with Gasteiger partial charge in [0.15, 0.2) is 0 Å². The van der Waals surface area contributed by atoms with Crippen molar-refractivity contribution in [2.24, 2.45) is 5.10 Å². The van der Waals surface area contributed by atoms with Crippen LogP contribution in [0.1, 0.15) is 31.2 Å². The van der Waals surface area contributed by atoms with Crippen LogP contribution in [0.25, 0.3) is 0 Å². The molecule has 23 heavy (non-hydrogen) atoms. The number of nitrogens with one attached hydrogen (secondary N) is 1. The zero-order valence-electron chi connectivity index (χ0n) is 12.3. The van der Waals surface area contributed by atoms with Crippen molar-refractivity contribution in [3.8, 4) is 5.75 Å². The molecule has 0 aliphatic carbocycles. The Morgan fingerprint density at radius 2 is 2.04 bits per heavy atom. The molecule has 9 heteroatoms. The van der Waals surface area contributed by atoms with Gasteiger partial charge in [-0.15, -0.1) is 5.10 Å². The van der Waals surface area contributed by atoms with E-state index in [-0.39, 0.29) is 4.77 Å². The van der Waals surface area contributed by atoms with E-state index in [2.05, 4.69) is 22.2 Å². The molecule has 1 N–H and O–H groups in total. The normalized spacial score (nSPS) is 12.0. The molecule has 0 saturated carbocycles. The Labute approximate surface area is 135 Å². The second-order valence-electron chi connectivity index (χ2n) is 4.68. The minimum absolute atomic E-state index is 0.229. The summed E-state index contributed by atoms with van der Waals surface area (Å²) >= 11 is 4.75. The van der Waals surface area contributed by atoms with E-state index >= 15 is 0 Å². The van der Waals surface area contributed by atoms with Crippen molar-refractivity contribution in [2.75, 3.05) is 6.61 Å². The molecule has 0 atom stereocenters. The number of nitrogens with zero attached hydrogens (tertiary/aromatic N) is 3. The van der Waals surface area contributed by atoms with Gasteiger partial charge in [-0.25, -0.2) is 5.10 Å². The summed E-state index contributed by atoms with van der Waals surface area (Å²) in [6.07, 6.45) is -1.36. The molecular formula is C14H15F3N4OS. The zero-order chi connectivity index (χ0) is 16.9. The second kappa shape index (κ2) is 7.40. The fraction of sp³-hybridized carbons (Fsp3) is 0.357. The highest BCUT2D eigenvalue weighted by molar-refractivity contribution is 7.71. The number of ether oxygens (including phenoxy) is 1. The number of hydrogen-bond donors (Lipinski definition) is 1. The van der Waals surface area contributed by atoms with Gasteiger partial charge in [0.1, 0.15) is 5.75 Å². The SMILES string of the molecule is CCCCOc1ccc(/C=N\n2c(C(F)(F)F)n[nH]c2=S)cc1. The third-order valence-corrected chi connectivity index (χ3v) is 3.14. The highest BCUT2D eigenvalue weighted by atomic mass is 32.1. The van der Waals surface area contributed by atoms with Crippen molar-refractivity contribution in [2.45, 2.75) is 25.9 Å². The Morgan fingerprint density at radius 3 is 2.65 bits per heavy atom. The Balaban J connectivity index is 2.12. The van der Waals surface area contributed by atoms with Crippen molar-refractivity contribution in [3.63, 3.8) is 0 Å². The van der Waals surface area contributed by atoms with E-state index in [1.165, 1.54) is 6.21 Å². The van der Waals surface area contributed by atoms with Gasteiger partial charge in [-0.3, -0.25) is 0 Å². The largest absolute Gasteiger partial charge is 0.494 e. The minimum atomic E-state index is -4.64. The van der Waals surface area contributed by atoms with Crippen LogP contribution in [0.4, 0.5) is 13.2 Å². The lowest BCUT2D eigenvalue weighted by atomic mass is 10.2. The van der Waals surface area contributed by atoms with E-state index < -0.39 is 12.0 Å². The molecule has 1 aromatic carbocycles. The van der Waals surface area contributed by atoms with Crippen molar-refractivity contribution < 1.29 is 17.9 Å². The van der Waals surface area contributed by atoms with Crippen molar-refractivity contribution in [3.05, 3.63) is 40.4 Å². The van der Waals surface area contributed by atoms with Crippen LogP contribution in [0.15, 0.2) is 29.4 Å². The van der Waals surface area contributed by atoms with E-state index in [1.807, 2.05) is 0 Å². The Hall–Kier alpha value is -2.16. The first-order valence-corrected chi connectivity index (χ1v) is 7.34. The summed E-state index contributed by atoms with van der Waals surface area (Å²) in [6, 6.07) is 6.86. The molecule has 2 rings (SSSR count). The van der Waals surface area contributed by atoms with E-state index in [9.17, 15) is 13.2 Å². The molecule has 0 amide bonds. The number of H-pyrrole nitrogens is 1. The van der Waals surface area contributed by atoms with Crippen LogP contribution in [0, 0.1) is 4.77 Å². The van der Waals surface area contributed by atoms with Crippen molar-refractivity contribution in [1.29, 1.82) is 0 Å². The average Bonchev–Trinajstić information content (AvgIpc) is 2.88. The topological polar surface area (TPSA) is 55.2 Å². The monoisotopic (exact) mass is 344 g/mol. The summed E-state index contributed by atoms with van der Waals surface area (Å²) in [4.78, 5) is 0. The van der Waals surface area contributed by atoms with Gasteiger partial charge in [0.2, 0.25) is 4.77 Å². The van der Waals surface area contributed by atoms with E-state index in [1.54, 1.807) is 24.3 Å². The first-order chi connectivity index (χ1) is 10.9. The van der Waals surface area contributed by atoms with Crippen LogP contribution in [0.5, 0.6) is 5.75 Å².